The molecular weight excluding hydrogens is 484 g/mol. The van der Waals surface area contributed by atoms with Gasteiger partial charge in [-0.15, -0.1) is 0 Å². The van der Waals surface area contributed by atoms with Gasteiger partial charge in [-0.1, -0.05) is 0 Å². The molecule has 3 N–H and O–H groups in total. The van der Waals surface area contributed by atoms with Crippen LogP contribution >= 0.6 is 0 Å². The zero-order chi connectivity index (χ0) is 26.1. The van der Waals surface area contributed by atoms with Crippen molar-refractivity contribution in [1.82, 2.24) is 24.8 Å². The van der Waals surface area contributed by atoms with E-state index in [0.29, 0.717) is 71.0 Å². The van der Waals surface area contributed by atoms with E-state index >= 15 is 0 Å². The predicted molar refractivity (Wildman–Crippen MR) is 143 cm³/mol. The van der Waals surface area contributed by atoms with Gasteiger partial charge >= 0.3 is 0 Å². The van der Waals surface area contributed by atoms with Crippen LogP contribution in [0.2, 0.25) is 0 Å². The van der Waals surface area contributed by atoms with Crippen LogP contribution in [0, 0.1) is 11.3 Å². The zero-order valence-electron chi connectivity index (χ0n) is 21.5. The minimum atomic E-state index is 0.0706. The van der Waals surface area contributed by atoms with Crippen LogP contribution in [0.5, 0.6) is 5.75 Å². The number of hydrogen-bond donors (Lipinski definition) is 3. The number of piperidine rings is 1. The molecule has 0 unspecified atom stereocenters. The largest absolute Gasteiger partial charge is 0.491 e. The molecule has 11 nitrogen and oxygen atoms in total. The third kappa shape index (κ3) is 4.50. The molecule has 3 aliphatic rings. The number of nitriles is 1. The van der Waals surface area contributed by atoms with Crippen LogP contribution < -0.4 is 15.4 Å². The molecule has 0 radical (unpaired) electrons. The Hall–Kier alpha value is -3.88. The summed E-state index contributed by atoms with van der Waals surface area (Å²) < 4.78 is 11.5. The molecule has 1 amide bonds. The molecule has 5 heterocycles. The monoisotopic (exact) mass is 516 g/mol. The molecule has 0 atom stereocenters. The lowest BCUT2D eigenvalue weighted by Crippen LogP contribution is -2.50. The lowest BCUT2D eigenvalue weighted by atomic mass is 9.99. The third-order valence-corrected chi connectivity index (χ3v) is 7.65. The van der Waals surface area contributed by atoms with E-state index in [1.54, 1.807) is 6.20 Å². The van der Waals surface area contributed by atoms with Crippen molar-refractivity contribution in [3.8, 4) is 11.8 Å². The number of nitrogens with zero attached hydrogens (tertiary/aromatic N) is 5. The Morgan fingerprint density at radius 2 is 2.00 bits per heavy atom. The van der Waals surface area contributed by atoms with Crippen LogP contribution in [0.25, 0.3) is 11.0 Å². The fraction of sp³-hybridized carbons (Fsp3) is 0.481. The molecule has 11 heteroatoms. The fourth-order valence-electron chi connectivity index (χ4n) is 5.73. The second-order valence-corrected chi connectivity index (χ2v) is 9.83. The second-order valence-electron chi connectivity index (χ2n) is 9.83. The van der Waals surface area contributed by atoms with Crippen molar-refractivity contribution in [3.05, 3.63) is 35.0 Å². The van der Waals surface area contributed by atoms with Crippen LogP contribution in [-0.4, -0.2) is 89.2 Å². The second kappa shape index (κ2) is 10.5. The number of hydrogen-bond acceptors (Lipinski definition) is 9. The van der Waals surface area contributed by atoms with E-state index in [1.165, 1.54) is 0 Å². The molecule has 3 aromatic rings. The molecule has 2 aromatic heterocycles. The normalized spacial score (nSPS) is 18.2. The van der Waals surface area contributed by atoms with Crippen molar-refractivity contribution < 1.29 is 14.3 Å². The molecular formula is C27H32N8O3. The van der Waals surface area contributed by atoms with Crippen molar-refractivity contribution >= 4 is 34.4 Å². The highest BCUT2D eigenvalue weighted by Gasteiger charge is 2.31. The highest BCUT2D eigenvalue weighted by molar-refractivity contribution is 5.98. The number of nitrogens with one attached hydrogen (secondary N) is 3. The van der Waals surface area contributed by atoms with Gasteiger partial charge in [0.2, 0.25) is 5.95 Å². The first-order valence-corrected chi connectivity index (χ1v) is 13.4. The predicted octanol–water partition coefficient (Wildman–Crippen LogP) is 2.88. The van der Waals surface area contributed by atoms with E-state index in [0.717, 1.165) is 57.8 Å². The number of aromatic amines is 1. The molecule has 0 bridgehead atoms. The first-order chi connectivity index (χ1) is 18.7. The Kier molecular flexibility index (Phi) is 6.74. The van der Waals surface area contributed by atoms with Crippen molar-refractivity contribution in [2.45, 2.75) is 32.2 Å². The van der Waals surface area contributed by atoms with Crippen molar-refractivity contribution in [1.29, 1.82) is 5.26 Å². The highest BCUT2D eigenvalue weighted by atomic mass is 16.5. The number of likely N-dealkylation sites (tertiary alicyclic amines) is 1. The number of benzene rings is 1. The summed E-state index contributed by atoms with van der Waals surface area (Å²) in [4.78, 5) is 30.3. The van der Waals surface area contributed by atoms with Gasteiger partial charge in [-0.05, 0) is 31.9 Å². The van der Waals surface area contributed by atoms with Crippen LogP contribution in [0.4, 0.5) is 17.5 Å². The van der Waals surface area contributed by atoms with Crippen molar-refractivity contribution in [2.75, 3.05) is 63.2 Å². The van der Waals surface area contributed by atoms with Gasteiger partial charge < -0.3 is 30.0 Å². The Bertz CT molecular complexity index is 1380. The highest BCUT2D eigenvalue weighted by Crippen LogP contribution is 2.38. The van der Waals surface area contributed by atoms with Gasteiger partial charge in [-0.2, -0.15) is 15.2 Å². The molecule has 0 aliphatic carbocycles. The zero-order valence-corrected chi connectivity index (χ0v) is 21.5. The van der Waals surface area contributed by atoms with E-state index in [1.807, 2.05) is 24.0 Å². The lowest BCUT2D eigenvalue weighted by Gasteiger charge is -2.40. The topological polar surface area (TPSA) is 131 Å². The van der Waals surface area contributed by atoms with Crippen LogP contribution in [0.15, 0.2) is 18.3 Å². The number of carbonyl (C=O) groups is 1. The van der Waals surface area contributed by atoms with Gasteiger partial charge in [-0.3, -0.25) is 9.69 Å². The standard InChI is InChI=1S/C27H32N8O3/c1-2-29-24-22-17(15-28)16-30-25(22)33-27(32-24)31-21-4-3-20(19-7-12-38-23(19)21)26(36)35-8-5-18(6-9-35)34-10-13-37-14-11-34/h3-4,16,18H,2,5-14H2,1H3,(H3,29,30,31,32,33). The number of carbonyl (C=O) groups excluding carboxylic acids is 1. The molecule has 198 valence electrons. The summed E-state index contributed by atoms with van der Waals surface area (Å²) >= 11 is 0. The summed E-state index contributed by atoms with van der Waals surface area (Å²) in [5.41, 5.74) is 3.41. The maximum absolute atomic E-state index is 13.6. The summed E-state index contributed by atoms with van der Waals surface area (Å²) in [6.45, 7) is 8.23. The first kappa shape index (κ1) is 24.5. The number of fused-ring (bicyclic) bond motifs is 2. The third-order valence-electron chi connectivity index (χ3n) is 7.65. The summed E-state index contributed by atoms with van der Waals surface area (Å²) in [6, 6.07) is 6.46. The number of rotatable bonds is 6. The number of amides is 1. The van der Waals surface area contributed by atoms with E-state index in [-0.39, 0.29) is 5.91 Å². The van der Waals surface area contributed by atoms with Crippen LogP contribution in [0.3, 0.4) is 0 Å². The number of anilines is 3. The molecule has 3 aliphatic heterocycles. The molecule has 2 fully saturated rings. The SMILES string of the molecule is CCNc1nc(Nc2ccc(C(=O)N3CCC(N4CCOCC4)CC3)c3c2OCC3)nc2[nH]cc(C#N)c12. The quantitative estimate of drug-likeness (QED) is 0.452. The average Bonchev–Trinajstić information content (AvgIpc) is 3.62. The Balaban J connectivity index is 1.21. The molecule has 0 spiro atoms. The maximum atomic E-state index is 13.6. The lowest BCUT2D eigenvalue weighted by molar-refractivity contribution is 0.00158. The maximum Gasteiger partial charge on any atom is 0.254 e. The summed E-state index contributed by atoms with van der Waals surface area (Å²) in [5, 5.41) is 16.6. The van der Waals surface area contributed by atoms with Crippen LogP contribution in [-0.2, 0) is 11.2 Å². The van der Waals surface area contributed by atoms with Gasteiger partial charge in [0.05, 0.1) is 36.5 Å². The van der Waals surface area contributed by atoms with E-state index < -0.39 is 0 Å². The smallest absolute Gasteiger partial charge is 0.254 e. The minimum absolute atomic E-state index is 0.0706. The molecule has 1 aromatic carbocycles. The fourth-order valence-corrected chi connectivity index (χ4v) is 5.73. The van der Waals surface area contributed by atoms with Gasteiger partial charge in [0.25, 0.3) is 5.91 Å². The van der Waals surface area contributed by atoms with Crippen LogP contribution in [0.1, 0.15) is 41.3 Å². The molecule has 2 saturated heterocycles. The summed E-state index contributed by atoms with van der Waals surface area (Å²) in [5.74, 6) is 1.71. The number of aromatic nitrogens is 3. The van der Waals surface area contributed by atoms with Crippen molar-refractivity contribution in [2.24, 2.45) is 0 Å². The van der Waals surface area contributed by atoms with E-state index in [2.05, 4.69) is 36.6 Å². The number of ether oxygens (including phenoxy) is 2. The van der Waals surface area contributed by atoms with Gasteiger partial charge in [0.1, 0.15) is 23.3 Å². The number of morpholine rings is 1. The summed E-state index contributed by atoms with van der Waals surface area (Å²) in [6.07, 6.45) is 4.30. The molecule has 38 heavy (non-hydrogen) atoms. The van der Waals surface area contributed by atoms with Gasteiger partial charge in [-0.25, -0.2) is 0 Å². The molecule has 6 rings (SSSR count). The van der Waals surface area contributed by atoms with E-state index in [4.69, 9.17) is 9.47 Å². The molecule has 0 saturated carbocycles. The van der Waals surface area contributed by atoms with Gasteiger partial charge in [0, 0.05) is 62.5 Å². The average molecular weight is 517 g/mol. The Morgan fingerprint density at radius 3 is 2.76 bits per heavy atom. The summed E-state index contributed by atoms with van der Waals surface area (Å²) in [7, 11) is 0. The van der Waals surface area contributed by atoms with Gasteiger partial charge in [0.15, 0.2) is 0 Å². The Labute approximate surface area is 221 Å². The minimum Gasteiger partial charge on any atom is -0.491 e. The number of H-pyrrole nitrogens is 1. The van der Waals surface area contributed by atoms with E-state index in [9.17, 15) is 10.1 Å². The Morgan fingerprint density at radius 1 is 1.18 bits per heavy atom. The first-order valence-electron chi connectivity index (χ1n) is 13.4. The van der Waals surface area contributed by atoms with Crippen molar-refractivity contribution in [3.63, 3.8) is 0 Å².